The Balaban J connectivity index is 1.94. The van der Waals surface area contributed by atoms with E-state index in [0.29, 0.717) is 26.3 Å². The Kier molecular flexibility index (Phi) is 4.01. The quantitative estimate of drug-likeness (QED) is 0.764. The summed E-state index contributed by atoms with van der Waals surface area (Å²) >= 11 is 0. The summed E-state index contributed by atoms with van der Waals surface area (Å²) in [5.74, 6) is 0.0967. The molecule has 0 unspecified atom stereocenters. The van der Waals surface area contributed by atoms with Crippen LogP contribution in [0, 0.1) is 0 Å². The molecule has 2 aliphatic rings. The molecule has 5 nitrogen and oxygen atoms in total. The van der Waals surface area contributed by atoms with Gasteiger partial charge in [-0.25, -0.2) is 0 Å². The molecule has 0 aromatic rings. The molecule has 1 amide bonds. The summed E-state index contributed by atoms with van der Waals surface area (Å²) in [6.45, 7) is 2.36. The highest BCUT2D eigenvalue weighted by molar-refractivity contribution is 5.86. The van der Waals surface area contributed by atoms with Gasteiger partial charge >= 0.3 is 0 Å². The zero-order valence-electron chi connectivity index (χ0n) is 10.5. The molecule has 1 aliphatic heterocycles. The number of nitrogens with two attached hydrogens (primary N) is 1. The van der Waals surface area contributed by atoms with Gasteiger partial charge in [-0.3, -0.25) is 4.79 Å². The van der Waals surface area contributed by atoms with E-state index < -0.39 is 5.54 Å². The molecule has 1 saturated heterocycles. The lowest BCUT2D eigenvalue weighted by atomic mass is 9.96. The number of carbonyl (C=O) groups is 1. The number of hydrogen-bond acceptors (Lipinski definition) is 4. The SMILES string of the molecule is COC[C@H]1CN(C(=O)C2(N)CCCC2)CCO1. The predicted molar refractivity (Wildman–Crippen MR) is 63.6 cm³/mol. The lowest BCUT2D eigenvalue weighted by Crippen LogP contribution is -2.58. The number of methoxy groups -OCH3 is 1. The van der Waals surface area contributed by atoms with E-state index in [0.717, 1.165) is 25.7 Å². The average molecular weight is 242 g/mol. The van der Waals surface area contributed by atoms with Crippen molar-refractivity contribution in [2.75, 3.05) is 33.4 Å². The molecule has 17 heavy (non-hydrogen) atoms. The number of rotatable bonds is 3. The van der Waals surface area contributed by atoms with Crippen molar-refractivity contribution in [3.05, 3.63) is 0 Å². The van der Waals surface area contributed by atoms with E-state index in [9.17, 15) is 4.79 Å². The van der Waals surface area contributed by atoms with E-state index in [2.05, 4.69) is 0 Å². The van der Waals surface area contributed by atoms with Crippen LogP contribution in [0.25, 0.3) is 0 Å². The number of hydrogen-bond donors (Lipinski definition) is 1. The van der Waals surface area contributed by atoms with Crippen LogP contribution in [0.3, 0.4) is 0 Å². The van der Waals surface area contributed by atoms with Crippen molar-refractivity contribution >= 4 is 5.91 Å². The molecule has 2 rings (SSSR count). The van der Waals surface area contributed by atoms with Gasteiger partial charge in [-0.05, 0) is 12.8 Å². The van der Waals surface area contributed by atoms with Gasteiger partial charge in [-0.15, -0.1) is 0 Å². The summed E-state index contributed by atoms with van der Waals surface area (Å²) in [6.07, 6.45) is 3.75. The molecular formula is C12H22N2O3. The number of morpholine rings is 1. The molecule has 0 bridgehead atoms. The second-order valence-corrected chi connectivity index (χ2v) is 5.06. The van der Waals surface area contributed by atoms with Gasteiger partial charge < -0.3 is 20.1 Å². The first-order chi connectivity index (χ1) is 8.15. The highest BCUT2D eigenvalue weighted by Gasteiger charge is 2.41. The second kappa shape index (κ2) is 5.33. The Morgan fingerprint density at radius 2 is 2.24 bits per heavy atom. The van der Waals surface area contributed by atoms with Crippen LogP contribution in [0.5, 0.6) is 0 Å². The first-order valence-corrected chi connectivity index (χ1v) is 6.34. The second-order valence-electron chi connectivity index (χ2n) is 5.06. The Bertz CT molecular complexity index is 275. The van der Waals surface area contributed by atoms with Crippen LogP contribution in [-0.4, -0.2) is 55.9 Å². The lowest BCUT2D eigenvalue weighted by molar-refractivity contribution is -0.146. The average Bonchev–Trinajstić information content (AvgIpc) is 2.77. The first-order valence-electron chi connectivity index (χ1n) is 6.34. The smallest absolute Gasteiger partial charge is 0.242 e. The molecule has 1 saturated carbocycles. The fourth-order valence-corrected chi connectivity index (χ4v) is 2.73. The number of nitrogens with zero attached hydrogens (tertiary/aromatic N) is 1. The van der Waals surface area contributed by atoms with Crippen molar-refractivity contribution in [2.24, 2.45) is 5.73 Å². The predicted octanol–water partition coefficient (Wildman–Crippen LogP) is 0.132. The van der Waals surface area contributed by atoms with Crippen LogP contribution < -0.4 is 5.73 Å². The lowest BCUT2D eigenvalue weighted by Gasteiger charge is -2.37. The third-order valence-corrected chi connectivity index (χ3v) is 3.70. The first kappa shape index (κ1) is 12.8. The van der Waals surface area contributed by atoms with E-state index in [4.69, 9.17) is 15.2 Å². The van der Waals surface area contributed by atoms with E-state index in [-0.39, 0.29) is 12.0 Å². The van der Waals surface area contributed by atoms with Crippen molar-refractivity contribution < 1.29 is 14.3 Å². The molecule has 98 valence electrons. The van der Waals surface area contributed by atoms with Crippen molar-refractivity contribution in [3.63, 3.8) is 0 Å². The van der Waals surface area contributed by atoms with Gasteiger partial charge in [0.2, 0.25) is 5.91 Å². The van der Waals surface area contributed by atoms with Crippen molar-refractivity contribution in [2.45, 2.75) is 37.3 Å². The Morgan fingerprint density at radius 1 is 1.53 bits per heavy atom. The van der Waals surface area contributed by atoms with Crippen LogP contribution in [-0.2, 0) is 14.3 Å². The van der Waals surface area contributed by atoms with E-state index in [1.54, 1.807) is 7.11 Å². The largest absolute Gasteiger partial charge is 0.382 e. The summed E-state index contributed by atoms with van der Waals surface area (Å²) in [4.78, 5) is 14.2. The van der Waals surface area contributed by atoms with Gasteiger partial charge in [0.15, 0.2) is 0 Å². The maximum atomic E-state index is 12.4. The molecule has 0 aromatic heterocycles. The summed E-state index contributed by atoms with van der Waals surface area (Å²) in [7, 11) is 1.64. The molecule has 0 radical (unpaired) electrons. The molecule has 1 atom stereocenters. The van der Waals surface area contributed by atoms with Gasteiger partial charge in [0, 0.05) is 20.2 Å². The monoisotopic (exact) mass is 242 g/mol. The molecule has 5 heteroatoms. The zero-order chi connectivity index (χ0) is 12.3. The topological polar surface area (TPSA) is 64.8 Å². The minimum atomic E-state index is -0.616. The van der Waals surface area contributed by atoms with Crippen molar-refractivity contribution in [1.29, 1.82) is 0 Å². The maximum Gasteiger partial charge on any atom is 0.242 e. The van der Waals surface area contributed by atoms with Crippen LogP contribution in [0.15, 0.2) is 0 Å². The third kappa shape index (κ3) is 2.78. The van der Waals surface area contributed by atoms with E-state index in [1.165, 1.54) is 0 Å². The Hall–Kier alpha value is -0.650. The van der Waals surface area contributed by atoms with E-state index >= 15 is 0 Å². The van der Waals surface area contributed by atoms with Crippen LogP contribution in [0.2, 0.25) is 0 Å². The number of carbonyl (C=O) groups excluding carboxylic acids is 1. The Morgan fingerprint density at radius 3 is 2.88 bits per heavy atom. The van der Waals surface area contributed by atoms with Gasteiger partial charge in [0.25, 0.3) is 0 Å². The maximum absolute atomic E-state index is 12.4. The third-order valence-electron chi connectivity index (χ3n) is 3.70. The summed E-state index contributed by atoms with van der Waals surface area (Å²) in [6, 6.07) is 0. The molecule has 1 aliphatic carbocycles. The van der Waals surface area contributed by atoms with Crippen LogP contribution in [0.4, 0.5) is 0 Å². The highest BCUT2D eigenvalue weighted by Crippen LogP contribution is 2.29. The molecule has 1 heterocycles. The minimum absolute atomic E-state index is 0.0114. The number of amides is 1. The fourth-order valence-electron chi connectivity index (χ4n) is 2.73. The summed E-state index contributed by atoms with van der Waals surface area (Å²) in [5, 5.41) is 0. The van der Waals surface area contributed by atoms with Gasteiger partial charge in [0.05, 0.1) is 24.9 Å². The van der Waals surface area contributed by atoms with Gasteiger partial charge in [-0.1, -0.05) is 12.8 Å². The van der Waals surface area contributed by atoms with Crippen molar-refractivity contribution in [1.82, 2.24) is 4.90 Å². The fraction of sp³-hybridized carbons (Fsp3) is 0.917. The molecule has 0 spiro atoms. The summed E-state index contributed by atoms with van der Waals surface area (Å²) < 4.78 is 10.6. The van der Waals surface area contributed by atoms with E-state index in [1.807, 2.05) is 4.90 Å². The number of ether oxygens (including phenoxy) is 2. The van der Waals surface area contributed by atoms with Gasteiger partial charge in [0.1, 0.15) is 0 Å². The van der Waals surface area contributed by atoms with Crippen LogP contribution in [0.1, 0.15) is 25.7 Å². The molecule has 0 aromatic carbocycles. The molecule has 2 fully saturated rings. The van der Waals surface area contributed by atoms with Gasteiger partial charge in [-0.2, -0.15) is 0 Å². The highest BCUT2D eigenvalue weighted by atomic mass is 16.5. The summed E-state index contributed by atoms with van der Waals surface area (Å²) in [5.41, 5.74) is 5.57. The minimum Gasteiger partial charge on any atom is -0.382 e. The standard InChI is InChI=1S/C12H22N2O3/c1-16-9-10-8-14(6-7-17-10)11(15)12(13)4-2-3-5-12/h10H,2-9,13H2,1H3/t10-/m1/s1. The molecular weight excluding hydrogens is 220 g/mol. The van der Waals surface area contributed by atoms with Crippen molar-refractivity contribution in [3.8, 4) is 0 Å². The molecule has 2 N–H and O–H groups in total. The Labute approximate surface area is 102 Å². The zero-order valence-corrected chi connectivity index (χ0v) is 10.5. The van der Waals surface area contributed by atoms with Crippen LogP contribution >= 0.6 is 0 Å². The normalized spacial score (nSPS) is 28.4.